The van der Waals surface area contributed by atoms with Crippen LogP contribution in [0.5, 0.6) is 0 Å². The van der Waals surface area contributed by atoms with Crippen LogP contribution in [-0.4, -0.2) is 36.9 Å². The zero-order chi connectivity index (χ0) is 22.2. The summed E-state index contributed by atoms with van der Waals surface area (Å²) in [6.07, 6.45) is 6.84. The van der Waals surface area contributed by atoms with E-state index in [0.717, 1.165) is 50.5 Å². The van der Waals surface area contributed by atoms with Gasteiger partial charge in [-0.15, -0.1) is 0 Å². The lowest BCUT2D eigenvalue weighted by atomic mass is 9.88. The highest BCUT2D eigenvalue weighted by molar-refractivity contribution is 7.89. The topological polar surface area (TPSA) is 71.4 Å². The van der Waals surface area contributed by atoms with E-state index in [1.54, 1.807) is 6.92 Å². The fourth-order valence-electron chi connectivity index (χ4n) is 5.05. The van der Waals surface area contributed by atoms with Gasteiger partial charge >= 0.3 is 0 Å². The van der Waals surface area contributed by atoms with E-state index in [9.17, 15) is 13.2 Å². The number of aromatic nitrogens is 1. The van der Waals surface area contributed by atoms with Crippen molar-refractivity contribution in [3.05, 3.63) is 52.3 Å². The zero-order valence-electron chi connectivity index (χ0n) is 18.8. The summed E-state index contributed by atoms with van der Waals surface area (Å²) in [6.45, 7) is 5.01. The van der Waals surface area contributed by atoms with Gasteiger partial charge in [0, 0.05) is 37.6 Å². The van der Waals surface area contributed by atoms with Gasteiger partial charge in [-0.05, 0) is 57.1 Å². The van der Waals surface area contributed by atoms with E-state index in [-0.39, 0.29) is 16.8 Å². The number of fused-ring (bicyclic) bond motifs is 1. The second-order valence-corrected chi connectivity index (χ2v) is 10.6. The predicted molar refractivity (Wildman–Crippen MR) is 122 cm³/mol. The summed E-state index contributed by atoms with van der Waals surface area (Å²) in [5.74, 6) is -0.160. The molecule has 1 N–H and O–H groups in total. The Hall–Kier alpha value is -2.12. The smallest absolute Gasteiger partial charge is 0.257 e. The predicted octanol–water partition coefficient (Wildman–Crippen LogP) is 4.01. The lowest BCUT2D eigenvalue weighted by Crippen LogP contribution is -2.35. The maximum absolute atomic E-state index is 13.7. The average molecular weight is 444 g/mol. The number of hydrogen-bond acceptors (Lipinski definition) is 3. The van der Waals surface area contributed by atoms with Crippen molar-refractivity contribution >= 4 is 15.9 Å². The molecule has 1 fully saturated rings. The number of hydrogen-bond donors (Lipinski definition) is 1. The molecule has 0 saturated carbocycles. The van der Waals surface area contributed by atoms with Gasteiger partial charge in [0.15, 0.2) is 0 Å². The quantitative estimate of drug-likeness (QED) is 0.776. The minimum atomic E-state index is -3.88. The first kappa shape index (κ1) is 22.1. The van der Waals surface area contributed by atoms with Gasteiger partial charge in [0.2, 0.25) is 10.0 Å². The van der Waals surface area contributed by atoms with E-state index in [1.165, 1.54) is 5.56 Å². The van der Waals surface area contributed by atoms with Crippen LogP contribution in [-0.2, 0) is 23.5 Å². The Morgan fingerprint density at radius 3 is 2.39 bits per heavy atom. The molecular weight excluding hydrogens is 410 g/mol. The summed E-state index contributed by atoms with van der Waals surface area (Å²) in [5.41, 5.74) is 3.88. The molecule has 1 atom stereocenters. The number of likely N-dealkylation sites (tertiary alicyclic amines) is 1. The minimum absolute atomic E-state index is 0.143. The largest absolute Gasteiger partial charge is 0.350 e. The number of nitrogens with zero attached hydrogens (tertiary/aromatic N) is 2. The molecule has 1 aromatic heterocycles. The zero-order valence-corrected chi connectivity index (χ0v) is 19.6. The summed E-state index contributed by atoms with van der Waals surface area (Å²) in [7, 11) is -2.04. The second kappa shape index (κ2) is 8.79. The van der Waals surface area contributed by atoms with Crippen molar-refractivity contribution in [1.82, 2.24) is 14.2 Å². The first-order valence-corrected chi connectivity index (χ1v) is 12.8. The maximum atomic E-state index is 13.7. The van der Waals surface area contributed by atoms with Crippen molar-refractivity contribution in [3.63, 3.8) is 0 Å². The van der Waals surface area contributed by atoms with Crippen molar-refractivity contribution in [3.8, 4) is 0 Å². The van der Waals surface area contributed by atoms with E-state index in [1.807, 2.05) is 41.6 Å². The molecule has 1 aromatic carbocycles. The van der Waals surface area contributed by atoms with E-state index >= 15 is 0 Å². The number of rotatable bonds is 4. The van der Waals surface area contributed by atoms with Crippen molar-refractivity contribution in [2.24, 2.45) is 7.05 Å². The summed E-state index contributed by atoms with van der Waals surface area (Å²) in [4.78, 5) is 15.5. The molecule has 0 spiro atoms. The highest BCUT2D eigenvalue weighted by Crippen LogP contribution is 2.33. The van der Waals surface area contributed by atoms with Gasteiger partial charge in [-0.1, -0.05) is 37.1 Å². The first-order valence-electron chi connectivity index (χ1n) is 11.4. The number of aryl methyl sites for hydroxylation is 1. The van der Waals surface area contributed by atoms with Gasteiger partial charge in [0.1, 0.15) is 4.90 Å². The van der Waals surface area contributed by atoms with Gasteiger partial charge in [0.25, 0.3) is 5.91 Å². The van der Waals surface area contributed by atoms with E-state index in [4.69, 9.17) is 0 Å². The lowest BCUT2D eigenvalue weighted by Gasteiger charge is -2.26. The Bertz CT molecular complexity index is 1080. The van der Waals surface area contributed by atoms with Crippen molar-refractivity contribution in [2.75, 3.05) is 13.1 Å². The molecule has 2 aliphatic rings. The third-order valence-corrected chi connectivity index (χ3v) is 8.60. The molecule has 7 heteroatoms. The van der Waals surface area contributed by atoms with Gasteiger partial charge in [-0.2, -0.15) is 0 Å². The van der Waals surface area contributed by atoms with Crippen LogP contribution in [0.1, 0.15) is 77.4 Å². The van der Waals surface area contributed by atoms with Gasteiger partial charge in [-0.3, -0.25) is 4.79 Å². The Kier molecular flexibility index (Phi) is 6.26. The molecule has 1 aliphatic carbocycles. The molecule has 6 nitrogen and oxygen atoms in total. The molecule has 4 rings (SSSR count). The molecule has 168 valence electrons. The second-order valence-electron chi connectivity index (χ2n) is 8.91. The normalized spacial score (nSPS) is 19.7. The Labute approximate surface area is 185 Å². The van der Waals surface area contributed by atoms with Crippen molar-refractivity contribution in [2.45, 2.75) is 69.7 Å². The van der Waals surface area contributed by atoms with Crippen LogP contribution < -0.4 is 4.72 Å². The number of amides is 1. The molecular formula is C24H33N3O3S. The summed E-state index contributed by atoms with van der Waals surface area (Å²) < 4.78 is 32.1. The summed E-state index contributed by atoms with van der Waals surface area (Å²) in [5, 5.41) is 0. The molecule has 2 heterocycles. The van der Waals surface area contributed by atoms with Gasteiger partial charge in [0.05, 0.1) is 5.56 Å². The maximum Gasteiger partial charge on any atom is 0.257 e. The van der Waals surface area contributed by atoms with Crippen LogP contribution in [0.3, 0.4) is 0 Å². The molecule has 0 bridgehead atoms. The first-order chi connectivity index (χ1) is 14.8. The van der Waals surface area contributed by atoms with E-state index in [0.29, 0.717) is 30.0 Å². The number of benzene rings is 1. The van der Waals surface area contributed by atoms with Gasteiger partial charge in [-0.25, -0.2) is 13.1 Å². The van der Waals surface area contributed by atoms with Crippen LogP contribution in [0.25, 0.3) is 0 Å². The summed E-state index contributed by atoms with van der Waals surface area (Å²) >= 11 is 0. The average Bonchev–Trinajstić information content (AvgIpc) is 2.95. The molecule has 1 unspecified atom stereocenters. The van der Waals surface area contributed by atoms with Crippen LogP contribution in [0.15, 0.2) is 29.2 Å². The lowest BCUT2D eigenvalue weighted by molar-refractivity contribution is 0.0757. The summed E-state index contributed by atoms with van der Waals surface area (Å²) in [6, 6.07) is 7.77. The SMILES string of the molecule is Cc1c(C(=O)N2CCCCCC2)c(S(=O)(=O)NC2CCCc3ccccc32)c(C)n1C. The highest BCUT2D eigenvalue weighted by atomic mass is 32.2. The van der Waals surface area contributed by atoms with E-state index in [2.05, 4.69) is 10.8 Å². The minimum Gasteiger partial charge on any atom is -0.350 e. The standard InChI is InChI=1S/C24H33N3O3S/c1-17-22(24(28)27-15-8-4-5-9-16-27)23(18(2)26(17)3)31(29,30)25-21-14-10-12-19-11-6-7-13-20(19)21/h6-7,11,13,21,25H,4-5,8-10,12,14-16H2,1-3H3. The van der Waals surface area contributed by atoms with Crippen LogP contribution in [0, 0.1) is 13.8 Å². The van der Waals surface area contributed by atoms with Gasteiger partial charge < -0.3 is 9.47 Å². The van der Waals surface area contributed by atoms with Crippen molar-refractivity contribution < 1.29 is 13.2 Å². The molecule has 1 saturated heterocycles. The molecule has 1 amide bonds. The Balaban J connectivity index is 1.72. The third-order valence-electron chi connectivity index (χ3n) is 6.97. The monoisotopic (exact) mass is 443 g/mol. The number of sulfonamides is 1. The van der Waals surface area contributed by atoms with E-state index < -0.39 is 10.0 Å². The van der Waals surface area contributed by atoms with Crippen LogP contribution >= 0.6 is 0 Å². The highest BCUT2D eigenvalue weighted by Gasteiger charge is 2.35. The Morgan fingerprint density at radius 1 is 1.00 bits per heavy atom. The molecule has 0 radical (unpaired) electrons. The molecule has 31 heavy (non-hydrogen) atoms. The molecule has 2 aromatic rings. The number of carbonyl (C=O) groups excluding carboxylic acids is 1. The van der Waals surface area contributed by atoms with Crippen molar-refractivity contribution in [1.29, 1.82) is 0 Å². The Morgan fingerprint density at radius 2 is 1.68 bits per heavy atom. The fraction of sp³-hybridized carbons (Fsp3) is 0.542. The van der Waals surface area contributed by atoms with Crippen LogP contribution in [0.4, 0.5) is 0 Å². The number of carbonyl (C=O) groups is 1. The molecule has 1 aliphatic heterocycles. The van der Waals surface area contributed by atoms with Crippen LogP contribution in [0.2, 0.25) is 0 Å². The fourth-order valence-corrected chi connectivity index (χ4v) is 6.82. The third kappa shape index (κ3) is 4.17. The number of nitrogens with one attached hydrogen (secondary N) is 1.